The van der Waals surface area contributed by atoms with Crippen molar-refractivity contribution in [3.63, 3.8) is 0 Å². The molecule has 0 spiro atoms. The zero-order valence-corrected chi connectivity index (χ0v) is 8.60. The van der Waals surface area contributed by atoms with Gasteiger partial charge in [0.2, 0.25) is 5.89 Å². The van der Waals surface area contributed by atoms with Crippen LogP contribution < -0.4 is 5.73 Å². The van der Waals surface area contributed by atoms with E-state index in [-0.39, 0.29) is 12.1 Å². The van der Waals surface area contributed by atoms with Crippen molar-refractivity contribution in [1.29, 1.82) is 0 Å². The summed E-state index contributed by atoms with van der Waals surface area (Å²) in [6.07, 6.45) is 2.27. The first-order chi connectivity index (χ1) is 6.68. The molecule has 5 nitrogen and oxygen atoms in total. The second-order valence-corrected chi connectivity index (χ2v) is 3.97. The molecule has 1 aliphatic heterocycles. The van der Waals surface area contributed by atoms with Crippen molar-refractivity contribution >= 4 is 6.01 Å². The number of nitrogens with zero attached hydrogens (tertiary/aromatic N) is 3. The van der Waals surface area contributed by atoms with Crippen molar-refractivity contribution in [2.45, 2.75) is 38.8 Å². The Morgan fingerprint density at radius 1 is 1.50 bits per heavy atom. The first-order valence-electron chi connectivity index (χ1n) is 5.03. The minimum atomic E-state index is 0.163. The van der Waals surface area contributed by atoms with E-state index in [0.717, 1.165) is 13.0 Å². The van der Waals surface area contributed by atoms with Gasteiger partial charge in [-0.15, -0.1) is 5.10 Å². The fourth-order valence-electron chi connectivity index (χ4n) is 2.05. The fraction of sp³-hybridized carbons (Fsp3) is 0.778. The van der Waals surface area contributed by atoms with Crippen molar-refractivity contribution < 1.29 is 4.42 Å². The van der Waals surface area contributed by atoms with E-state index in [0.29, 0.717) is 11.9 Å². The molecule has 78 valence electrons. The van der Waals surface area contributed by atoms with Gasteiger partial charge in [0.1, 0.15) is 0 Å². The van der Waals surface area contributed by atoms with Gasteiger partial charge >= 0.3 is 6.01 Å². The zero-order valence-electron chi connectivity index (χ0n) is 8.60. The van der Waals surface area contributed by atoms with Crippen LogP contribution in [-0.4, -0.2) is 27.7 Å². The number of anilines is 1. The van der Waals surface area contributed by atoms with Gasteiger partial charge in [-0.2, -0.15) is 0 Å². The van der Waals surface area contributed by atoms with Crippen LogP contribution >= 0.6 is 0 Å². The summed E-state index contributed by atoms with van der Waals surface area (Å²) in [5.41, 5.74) is 5.41. The average molecular weight is 196 g/mol. The molecule has 14 heavy (non-hydrogen) atoms. The molecule has 0 unspecified atom stereocenters. The molecule has 1 aromatic heterocycles. The summed E-state index contributed by atoms with van der Waals surface area (Å²) in [6.45, 7) is 5.46. The largest absolute Gasteiger partial charge is 0.407 e. The summed E-state index contributed by atoms with van der Waals surface area (Å²) in [6, 6.07) is 0.936. The molecule has 1 saturated heterocycles. The van der Waals surface area contributed by atoms with Crippen LogP contribution in [0.4, 0.5) is 6.01 Å². The molecule has 0 bridgehead atoms. The van der Waals surface area contributed by atoms with E-state index in [4.69, 9.17) is 10.2 Å². The molecule has 0 aromatic carbocycles. The van der Waals surface area contributed by atoms with Gasteiger partial charge in [-0.1, -0.05) is 5.10 Å². The number of aromatic nitrogens is 2. The van der Waals surface area contributed by atoms with Gasteiger partial charge in [-0.3, -0.25) is 4.90 Å². The highest BCUT2D eigenvalue weighted by Crippen LogP contribution is 2.32. The minimum absolute atomic E-state index is 0.163. The first kappa shape index (κ1) is 9.45. The Balaban J connectivity index is 2.17. The maximum atomic E-state index is 5.41. The minimum Gasteiger partial charge on any atom is -0.407 e. The number of rotatable bonds is 2. The zero-order chi connectivity index (χ0) is 10.1. The number of hydrogen-bond donors (Lipinski definition) is 1. The van der Waals surface area contributed by atoms with E-state index in [2.05, 4.69) is 28.9 Å². The van der Waals surface area contributed by atoms with Crippen LogP contribution in [-0.2, 0) is 0 Å². The van der Waals surface area contributed by atoms with Crippen molar-refractivity contribution in [3.8, 4) is 0 Å². The highest BCUT2D eigenvalue weighted by atomic mass is 16.4. The standard InChI is InChI=1S/C9H16N4O/c1-6(2)13-5-3-4-7(13)8-11-12-9(10)14-8/h6-7H,3-5H2,1-2H3,(H2,10,12)/t7-/m1/s1. The van der Waals surface area contributed by atoms with Crippen molar-refractivity contribution in [1.82, 2.24) is 15.1 Å². The summed E-state index contributed by atoms with van der Waals surface area (Å²) < 4.78 is 5.26. The lowest BCUT2D eigenvalue weighted by Crippen LogP contribution is -2.30. The summed E-state index contributed by atoms with van der Waals surface area (Å²) in [5.74, 6) is 0.661. The van der Waals surface area contributed by atoms with E-state index in [9.17, 15) is 0 Å². The molecule has 1 atom stereocenters. The van der Waals surface area contributed by atoms with Gasteiger partial charge in [0.25, 0.3) is 0 Å². The molecule has 2 rings (SSSR count). The van der Waals surface area contributed by atoms with Crippen LogP contribution in [0.2, 0.25) is 0 Å². The fourth-order valence-corrected chi connectivity index (χ4v) is 2.05. The Hall–Kier alpha value is -1.10. The van der Waals surface area contributed by atoms with Crippen LogP contribution in [0.3, 0.4) is 0 Å². The molecule has 2 N–H and O–H groups in total. The second kappa shape index (κ2) is 3.57. The van der Waals surface area contributed by atoms with E-state index < -0.39 is 0 Å². The van der Waals surface area contributed by atoms with Crippen LogP contribution in [0.1, 0.15) is 38.6 Å². The maximum Gasteiger partial charge on any atom is 0.312 e. The monoisotopic (exact) mass is 196 g/mol. The molecule has 0 saturated carbocycles. The summed E-state index contributed by atoms with van der Waals surface area (Å²) in [4.78, 5) is 2.37. The molecule has 0 aliphatic carbocycles. The van der Waals surface area contributed by atoms with Gasteiger partial charge in [-0.05, 0) is 33.2 Å². The summed E-state index contributed by atoms with van der Waals surface area (Å²) in [5, 5.41) is 7.64. The normalized spacial score (nSPS) is 23.5. The highest BCUT2D eigenvalue weighted by Gasteiger charge is 2.31. The number of likely N-dealkylation sites (tertiary alicyclic amines) is 1. The number of hydrogen-bond acceptors (Lipinski definition) is 5. The van der Waals surface area contributed by atoms with Gasteiger partial charge in [0, 0.05) is 6.04 Å². The Kier molecular flexibility index (Phi) is 2.41. The average Bonchev–Trinajstić information content (AvgIpc) is 2.70. The Morgan fingerprint density at radius 2 is 2.29 bits per heavy atom. The van der Waals surface area contributed by atoms with Crippen molar-refractivity contribution in [2.75, 3.05) is 12.3 Å². The van der Waals surface area contributed by atoms with Crippen molar-refractivity contribution in [2.24, 2.45) is 0 Å². The lowest BCUT2D eigenvalue weighted by atomic mass is 10.2. The van der Waals surface area contributed by atoms with Gasteiger partial charge in [-0.25, -0.2) is 0 Å². The topological polar surface area (TPSA) is 68.2 Å². The molecule has 5 heteroatoms. The maximum absolute atomic E-state index is 5.41. The van der Waals surface area contributed by atoms with E-state index in [1.807, 2.05) is 0 Å². The second-order valence-electron chi connectivity index (χ2n) is 3.97. The first-order valence-corrected chi connectivity index (χ1v) is 5.03. The SMILES string of the molecule is CC(C)N1CCC[C@@H]1c1nnc(N)o1. The highest BCUT2D eigenvalue weighted by molar-refractivity contribution is 5.07. The molecule has 1 aliphatic rings. The summed E-state index contributed by atoms with van der Waals surface area (Å²) >= 11 is 0. The Morgan fingerprint density at radius 3 is 2.86 bits per heavy atom. The predicted octanol–water partition coefficient (Wildman–Crippen LogP) is 1.20. The van der Waals surface area contributed by atoms with Crippen LogP contribution in [0.5, 0.6) is 0 Å². The number of nitrogen functional groups attached to an aromatic ring is 1. The third kappa shape index (κ3) is 1.59. The molecule has 0 amide bonds. The van der Waals surface area contributed by atoms with E-state index in [1.54, 1.807) is 0 Å². The molecular formula is C9H16N4O. The quantitative estimate of drug-likeness (QED) is 0.769. The molecule has 1 aromatic rings. The molecule has 1 fully saturated rings. The van der Waals surface area contributed by atoms with Crippen LogP contribution in [0.15, 0.2) is 4.42 Å². The van der Waals surface area contributed by atoms with Crippen LogP contribution in [0.25, 0.3) is 0 Å². The van der Waals surface area contributed by atoms with Gasteiger partial charge in [0.15, 0.2) is 0 Å². The predicted molar refractivity (Wildman–Crippen MR) is 52.5 cm³/mol. The number of nitrogens with two attached hydrogens (primary N) is 1. The van der Waals surface area contributed by atoms with Gasteiger partial charge < -0.3 is 10.2 Å². The molecule has 2 heterocycles. The van der Waals surface area contributed by atoms with E-state index in [1.165, 1.54) is 6.42 Å². The Labute approximate surface area is 83.3 Å². The molecular weight excluding hydrogens is 180 g/mol. The third-order valence-electron chi connectivity index (χ3n) is 2.70. The lowest BCUT2D eigenvalue weighted by molar-refractivity contribution is 0.180. The lowest BCUT2D eigenvalue weighted by Gasteiger charge is -2.25. The smallest absolute Gasteiger partial charge is 0.312 e. The summed E-state index contributed by atoms with van der Waals surface area (Å²) in [7, 11) is 0. The third-order valence-corrected chi connectivity index (χ3v) is 2.70. The Bertz CT molecular complexity index is 310. The van der Waals surface area contributed by atoms with Crippen molar-refractivity contribution in [3.05, 3.63) is 5.89 Å². The van der Waals surface area contributed by atoms with E-state index >= 15 is 0 Å². The van der Waals surface area contributed by atoms with Gasteiger partial charge in [0.05, 0.1) is 6.04 Å². The molecule has 0 radical (unpaired) electrons. The van der Waals surface area contributed by atoms with Crippen LogP contribution in [0, 0.1) is 0 Å².